The number of benzene rings is 3. The molecule has 7 aromatic rings. The number of para-hydroxylation sites is 3. The summed E-state index contributed by atoms with van der Waals surface area (Å²) in [4.78, 5) is 10.3. The fourth-order valence-electron chi connectivity index (χ4n) is 6.75. The second kappa shape index (κ2) is 8.12. The number of hydrogen-bond acceptors (Lipinski definition) is 3. The fourth-order valence-corrected chi connectivity index (χ4v) is 6.75. The highest BCUT2D eigenvalue weighted by molar-refractivity contribution is 6.13. The molecule has 0 spiro atoms. The number of allylic oxidation sites excluding steroid dienone is 4. The van der Waals surface area contributed by atoms with Crippen LogP contribution < -0.4 is 0 Å². The molecule has 0 bridgehead atoms. The van der Waals surface area contributed by atoms with Crippen molar-refractivity contribution in [2.75, 3.05) is 7.05 Å². The number of aromatic nitrogens is 3. The highest BCUT2D eigenvalue weighted by atomic mass is 16.3. The smallest absolute Gasteiger partial charge is 0.327 e. The SMILES string of the molecule is Cn1c2ccccc2c2ccc(-c3cccc4c3oc3c(-c5ccc6c(n5)[N+](C)=C5C=CC=CC56)cccc34)nc21. The average Bonchev–Trinajstić information content (AvgIpc) is 3.65. The molecule has 0 amide bonds. The van der Waals surface area contributed by atoms with E-state index in [9.17, 15) is 0 Å². The molecule has 1 atom stereocenters. The van der Waals surface area contributed by atoms with Gasteiger partial charge in [0.2, 0.25) is 0 Å². The number of hydrogen-bond donors (Lipinski definition) is 0. The Morgan fingerprint density at radius 1 is 0.707 bits per heavy atom. The van der Waals surface area contributed by atoms with Crippen molar-refractivity contribution in [3.8, 4) is 22.5 Å². The molecule has 194 valence electrons. The lowest BCUT2D eigenvalue weighted by molar-refractivity contribution is -0.405. The standard InChI is InChI=1S/C36H25N4O/c1-39-31-15-5-3-9-21(31)25-17-19-29(37-35(25)39)27-13-7-11-23-24-12-8-14-28(34(24)41-33(23)27)30-20-18-26-22-10-4-6-16-32(22)40(2)36(26)38-30/h3-21H,1-2H3/q+1. The maximum atomic E-state index is 6.74. The third-order valence-corrected chi connectivity index (χ3v) is 8.77. The van der Waals surface area contributed by atoms with E-state index in [-0.39, 0.29) is 5.92 Å². The zero-order valence-electron chi connectivity index (χ0n) is 22.7. The lowest BCUT2D eigenvalue weighted by Crippen LogP contribution is -2.11. The number of furan rings is 1. The first-order valence-corrected chi connectivity index (χ1v) is 13.9. The van der Waals surface area contributed by atoms with Gasteiger partial charge in [-0.25, -0.2) is 9.56 Å². The van der Waals surface area contributed by atoms with Crippen molar-refractivity contribution in [1.82, 2.24) is 14.5 Å². The number of pyridine rings is 2. The Bertz CT molecular complexity index is 2350. The van der Waals surface area contributed by atoms with Crippen LogP contribution in [-0.2, 0) is 7.05 Å². The van der Waals surface area contributed by atoms with Crippen LogP contribution in [0.15, 0.2) is 114 Å². The van der Waals surface area contributed by atoms with Crippen molar-refractivity contribution in [1.29, 1.82) is 0 Å². The predicted molar refractivity (Wildman–Crippen MR) is 166 cm³/mol. The first-order valence-electron chi connectivity index (χ1n) is 13.9. The molecule has 41 heavy (non-hydrogen) atoms. The van der Waals surface area contributed by atoms with Crippen molar-refractivity contribution in [2.45, 2.75) is 5.92 Å². The summed E-state index contributed by atoms with van der Waals surface area (Å²) in [6.07, 6.45) is 8.62. The van der Waals surface area contributed by atoms with Gasteiger partial charge >= 0.3 is 5.82 Å². The van der Waals surface area contributed by atoms with Crippen LogP contribution in [0.4, 0.5) is 5.82 Å². The van der Waals surface area contributed by atoms with E-state index in [0.717, 1.165) is 61.3 Å². The van der Waals surface area contributed by atoms with E-state index in [4.69, 9.17) is 14.4 Å². The Kier molecular flexibility index (Phi) is 4.46. The molecule has 9 rings (SSSR count). The maximum Gasteiger partial charge on any atom is 0.327 e. The minimum atomic E-state index is 0.262. The summed E-state index contributed by atoms with van der Waals surface area (Å²) in [7, 11) is 4.18. The molecule has 5 nitrogen and oxygen atoms in total. The van der Waals surface area contributed by atoms with Gasteiger partial charge in [-0.3, -0.25) is 0 Å². The van der Waals surface area contributed by atoms with E-state index in [2.05, 4.69) is 132 Å². The van der Waals surface area contributed by atoms with Crippen LogP contribution in [-0.4, -0.2) is 31.9 Å². The van der Waals surface area contributed by atoms with Gasteiger partial charge in [-0.2, -0.15) is 0 Å². The van der Waals surface area contributed by atoms with Gasteiger partial charge in [0, 0.05) is 34.2 Å². The lowest BCUT2D eigenvalue weighted by atomic mass is 9.93. The van der Waals surface area contributed by atoms with E-state index in [1.165, 1.54) is 22.2 Å². The number of fused-ring (bicyclic) bond motifs is 9. The normalized spacial score (nSPS) is 16.0. The molecule has 1 aliphatic carbocycles. The van der Waals surface area contributed by atoms with E-state index in [0.29, 0.717) is 0 Å². The quantitative estimate of drug-likeness (QED) is 0.212. The van der Waals surface area contributed by atoms with Gasteiger partial charge in [0.25, 0.3) is 0 Å². The summed E-state index contributed by atoms with van der Waals surface area (Å²) in [6.45, 7) is 0. The Morgan fingerprint density at radius 3 is 2.22 bits per heavy atom. The van der Waals surface area contributed by atoms with Crippen molar-refractivity contribution in [3.05, 3.63) is 115 Å². The van der Waals surface area contributed by atoms with Crippen LogP contribution in [0.2, 0.25) is 0 Å². The molecule has 5 heteroatoms. The molecule has 0 fully saturated rings. The summed E-state index contributed by atoms with van der Waals surface area (Å²) in [6, 6.07) is 29.7. The van der Waals surface area contributed by atoms with Crippen LogP contribution >= 0.6 is 0 Å². The van der Waals surface area contributed by atoms with Gasteiger partial charge < -0.3 is 8.98 Å². The number of rotatable bonds is 2. The average molecular weight is 530 g/mol. The summed E-state index contributed by atoms with van der Waals surface area (Å²) in [5.74, 6) is 1.26. The lowest BCUT2D eigenvalue weighted by Gasteiger charge is -2.06. The van der Waals surface area contributed by atoms with Gasteiger partial charge in [-0.05, 0) is 53.5 Å². The molecule has 5 heterocycles. The van der Waals surface area contributed by atoms with Crippen LogP contribution in [0.25, 0.3) is 66.4 Å². The molecule has 1 unspecified atom stereocenters. The molecule has 3 aromatic carbocycles. The molecular weight excluding hydrogens is 504 g/mol. The third-order valence-electron chi connectivity index (χ3n) is 8.77. The van der Waals surface area contributed by atoms with Gasteiger partial charge in [-0.1, -0.05) is 60.7 Å². The minimum Gasteiger partial charge on any atom is -0.455 e. The van der Waals surface area contributed by atoms with Crippen LogP contribution in [0.3, 0.4) is 0 Å². The molecule has 1 aliphatic heterocycles. The van der Waals surface area contributed by atoms with Gasteiger partial charge in [0.05, 0.1) is 35.3 Å². The fraction of sp³-hybridized carbons (Fsp3) is 0.0833. The predicted octanol–water partition coefficient (Wildman–Crippen LogP) is 8.29. The summed E-state index contributed by atoms with van der Waals surface area (Å²) < 4.78 is 11.1. The maximum absolute atomic E-state index is 6.74. The van der Waals surface area contributed by atoms with Crippen molar-refractivity contribution in [2.24, 2.45) is 7.05 Å². The Hall–Kier alpha value is -5.29. The Balaban J connectivity index is 1.23. The summed E-state index contributed by atoms with van der Waals surface area (Å²) >= 11 is 0. The molecule has 0 N–H and O–H groups in total. The first-order chi connectivity index (χ1) is 20.2. The van der Waals surface area contributed by atoms with E-state index in [1.807, 2.05) is 0 Å². The Labute approximate surface area is 236 Å². The highest BCUT2D eigenvalue weighted by Crippen LogP contribution is 2.42. The molecule has 2 aliphatic rings. The zero-order chi connectivity index (χ0) is 27.2. The summed E-state index contributed by atoms with van der Waals surface area (Å²) in [5, 5.41) is 4.53. The first kappa shape index (κ1) is 22.5. The Morgan fingerprint density at radius 2 is 1.41 bits per heavy atom. The largest absolute Gasteiger partial charge is 0.455 e. The monoisotopic (exact) mass is 529 g/mol. The van der Waals surface area contributed by atoms with Crippen molar-refractivity contribution < 1.29 is 8.99 Å². The second-order valence-electron chi connectivity index (χ2n) is 10.9. The zero-order valence-corrected chi connectivity index (χ0v) is 22.7. The molecule has 4 aromatic heterocycles. The van der Waals surface area contributed by atoms with E-state index < -0.39 is 0 Å². The molecular formula is C36H25N4O+. The number of nitrogens with zero attached hydrogens (tertiary/aromatic N) is 4. The topological polar surface area (TPSA) is 46.9 Å². The van der Waals surface area contributed by atoms with Crippen LogP contribution in [0, 0.1) is 0 Å². The van der Waals surface area contributed by atoms with Crippen molar-refractivity contribution in [3.63, 3.8) is 0 Å². The van der Waals surface area contributed by atoms with E-state index >= 15 is 0 Å². The van der Waals surface area contributed by atoms with Gasteiger partial charge in [0.1, 0.15) is 22.5 Å². The molecule has 0 saturated carbocycles. The van der Waals surface area contributed by atoms with Gasteiger partial charge in [0.15, 0.2) is 5.69 Å². The second-order valence-corrected chi connectivity index (χ2v) is 10.9. The molecule has 0 radical (unpaired) electrons. The molecule has 0 saturated heterocycles. The van der Waals surface area contributed by atoms with Crippen LogP contribution in [0.1, 0.15) is 11.5 Å². The van der Waals surface area contributed by atoms with E-state index in [1.54, 1.807) is 0 Å². The minimum absolute atomic E-state index is 0.262. The number of aryl methyl sites for hydroxylation is 1. The third kappa shape index (κ3) is 3.03. The van der Waals surface area contributed by atoms with Crippen molar-refractivity contribution >= 4 is 55.4 Å². The highest BCUT2D eigenvalue weighted by Gasteiger charge is 2.35. The van der Waals surface area contributed by atoms with Gasteiger partial charge in [-0.15, -0.1) is 0 Å². The van der Waals surface area contributed by atoms with Crippen LogP contribution in [0.5, 0.6) is 0 Å². The summed E-state index contributed by atoms with van der Waals surface area (Å²) in [5.41, 5.74) is 10.1.